The molecule has 1 saturated carbocycles. The van der Waals surface area contributed by atoms with Crippen molar-refractivity contribution >= 4 is 23.0 Å². The maximum Gasteiger partial charge on any atom is 0.345 e. The molecule has 2 atom stereocenters. The molecule has 1 aliphatic carbocycles. The molecule has 1 saturated heterocycles. The molecule has 2 aliphatic rings. The van der Waals surface area contributed by atoms with E-state index in [4.69, 9.17) is 5.11 Å². The van der Waals surface area contributed by atoms with Gasteiger partial charge in [-0.05, 0) is 37.7 Å². The van der Waals surface area contributed by atoms with Crippen LogP contribution >= 0.6 is 11.3 Å². The van der Waals surface area contributed by atoms with E-state index in [-0.39, 0.29) is 0 Å². The van der Waals surface area contributed by atoms with Gasteiger partial charge in [-0.2, -0.15) is 0 Å². The van der Waals surface area contributed by atoms with Crippen LogP contribution in [0.2, 0.25) is 0 Å². The first-order valence-corrected chi connectivity index (χ1v) is 7.22. The first kappa shape index (κ1) is 11.1. The highest BCUT2D eigenvalue weighted by atomic mass is 32.1. The maximum atomic E-state index is 10.9. The van der Waals surface area contributed by atoms with E-state index in [1.165, 1.54) is 43.4 Å². The molecule has 1 aromatic rings. The molecule has 0 amide bonds. The summed E-state index contributed by atoms with van der Waals surface area (Å²) >= 11 is 1.34. The normalized spacial score (nSPS) is 28.1. The Balaban J connectivity index is 1.84. The van der Waals surface area contributed by atoms with Gasteiger partial charge in [0.2, 0.25) is 0 Å². The largest absolute Gasteiger partial charge is 0.477 e. The van der Waals surface area contributed by atoms with Crippen molar-refractivity contribution in [2.45, 2.75) is 38.1 Å². The Morgan fingerprint density at radius 3 is 2.94 bits per heavy atom. The minimum Gasteiger partial charge on any atom is -0.477 e. The van der Waals surface area contributed by atoms with Crippen molar-refractivity contribution in [2.24, 2.45) is 5.92 Å². The zero-order chi connectivity index (χ0) is 11.8. The van der Waals surface area contributed by atoms with E-state index in [1.54, 1.807) is 0 Å². The lowest BCUT2D eigenvalue weighted by atomic mass is 9.92. The predicted molar refractivity (Wildman–Crippen MR) is 69.0 cm³/mol. The third kappa shape index (κ3) is 1.95. The van der Waals surface area contributed by atoms with Crippen LogP contribution < -0.4 is 4.90 Å². The average molecular weight is 251 g/mol. The lowest BCUT2D eigenvalue weighted by Gasteiger charge is -2.38. The molecule has 1 N–H and O–H groups in total. The number of anilines is 1. The third-order valence-corrected chi connectivity index (χ3v) is 5.03. The Morgan fingerprint density at radius 2 is 2.18 bits per heavy atom. The van der Waals surface area contributed by atoms with E-state index in [0.717, 1.165) is 18.2 Å². The third-order valence-electron chi connectivity index (χ3n) is 4.12. The second kappa shape index (κ2) is 4.33. The van der Waals surface area contributed by atoms with Crippen LogP contribution in [0.3, 0.4) is 0 Å². The molecule has 2 fully saturated rings. The summed E-state index contributed by atoms with van der Waals surface area (Å²) in [6, 6.07) is 2.51. The van der Waals surface area contributed by atoms with Gasteiger partial charge in [-0.25, -0.2) is 4.79 Å². The molecule has 3 nitrogen and oxygen atoms in total. The second-order valence-electron chi connectivity index (χ2n) is 5.07. The van der Waals surface area contributed by atoms with Crippen LogP contribution in [-0.2, 0) is 0 Å². The van der Waals surface area contributed by atoms with Gasteiger partial charge in [0.15, 0.2) is 0 Å². The summed E-state index contributed by atoms with van der Waals surface area (Å²) < 4.78 is 0. The van der Waals surface area contributed by atoms with E-state index in [2.05, 4.69) is 4.90 Å². The van der Waals surface area contributed by atoms with Crippen LogP contribution in [0.1, 0.15) is 41.8 Å². The van der Waals surface area contributed by atoms with Crippen molar-refractivity contribution in [3.05, 3.63) is 16.3 Å². The average Bonchev–Trinajstić information content (AvgIpc) is 2.97. The number of carboxylic acid groups (broad SMARTS) is 1. The lowest BCUT2D eigenvalue weighted by molar-refractivity contribution is 0.0702. The molecule has 0 radical (unpaired) electrons. The van der Waals surface area contributed by atoms with Crippen LogP contribution in [0, 0.1) is 5.92 Å². The smallest absolute Gasteiger partial charge is 0.345 e. The van der Waals surface area contributed by atoms with Gasteiger partial charge in [0, 0.05) is 23.7 Å². The molecule has 1 aromatic heterocycles. The number of piperidine rings is 1. The summed E-state index contributed by atoms with van der Waals surface area (Å²) in [5.74, 6) is 0.0400. The van der Waals surface area contributed by atoms with Crippen molar-refractivity contribution in [3.8, 4) is 0 Å². The van der Waals surface area contributed by atoms with Gasteiger partial charge >= 0.3 is 5.97 Å². The van der Waals surface area contributed by atoms with Crippen LogP contribution in [0.4, 0.5) is 5.69 Å². The number of carbonyl (C=O) groups is 1. The van der Waals surface area contributed by atoms with Crippen LogP contribution in [-0.4, -0.2) is 23.7 Å². The SMILES string of the molecule is O=C(O)c1cc(N2CCCC3CCCC32)cs1. The molecule has 92 valence electrons. The minimum atomic E-state index is -0.804. The summed E-state index contributed by atoms with van der Waals surface area (Å²) in [6.07, 6.45) is 6.58. The fourth-order valence-corrected chi connectivity index (χ4v) is 4.10. The summed E-state index contributed by atoms with van der Waals surface area (Å²) in [6.45, 7) is 1.09. The van der Waals surface area contributed by atoms with Crippen LogP contribution in [0.15, 0.2) is 11.4 Å². The summed E-state index contributed by atoms with van der Waals surface area (Å²) in [4.78, 5) is 13.8. The number of thiophene rings is 1. The highest BCUT2D eigenvalue weighted by Gasteiger charge is 2.35. The van der Waals surface area contributed by atoms with Gasteiger partial charge in [-0.1, -0.05) is 6.42 Å². The predicted octanol–water partition coefficient (Wildman–Crippen LogP) is 3.22. The fraction of sp³-hybridized carbons (Fsp3) is 0.615. The standard InChI is InChI=1S/C13H17NO2S/c15-13(16)12-7-10(8-17-12)14-6-2-4-9-3-1-5-11(9)14/h7-9,11H,1-6H2,(H,15,16). The highest BCUT2D eigenvalue weighted by molar-refractivity contribution is 7.12. The number of hydrogen-bond donors (Lipinski definition) is 1. The van der Waals surface area contributed by atoms with Gasteiger partial charge in [0.25, 0.3) is 0 Å². The molecule has 17 heavy (non-hydrogen) atoms. The zero-order valence-corrected chi connectivity index (χ0v) is 10.6. The summed E-state index contributed by atoms with van der Waals surface area (Å²) in [5, 5.41) is 11.0. The fourth-order valence-electron chi connectivity index (χ4n) is 3.36. The van der Waals surface area contributed by atoms with Crippen molar-refractivity contribution in [1.29, 1.82) is 0 Å². The molecule has 0 spiro atoms. The van der Waals surface area contributed by atoms with Crippen molar-refractivity contribution in [1.82, 2.24) is 0 Å². The van der Waals surface area contributed by atoms with E-state index in [9.17, 15) is 4.79 Å². The Kier molecular flexibility index (Phi) is 2.82. The molecule has 3 rings (SSSR count). The first-order chi connectivity index (χ1) is 8.25. The van der Waals surface area contributed by atoms with Gasteiger partial charge in [-0.3, -0.25) is 0 Å². The lowest BCUT2D eigenvalue weighted by Crippen LogP contribution is -2.42. The second-order valence-corrected chi connectivity index (χ2v) is 5.98. The Hall–Kier alpha value is -1.03. The van der Waals surface area contributed by atoms with Gasteiger partial charge in [0.05, 0.1) is 0 Å². The summed E-state index contributed by atoms with van der Waals surface area (Å²) in [5.41, 5.74) is 1.13. The van der Waals surface area contributed by atoms with Gasteiger partial charge in [-0.15, -0.1) is 11.3 Å². The number of nitrogens with zero attached hydrogens (tertiary/aromatic N) is 1. The maximum absolute atomic E-state index is 10.9. The number of aromatic carboxylic acids is 1. The number of rotatable bonds is 2. The van der Waals surface area contributed by atoms with Gasteiger partial charge in [0.1, 0.15) is 4.88 Å². The number of carboxylic acids is 1. The molecule has 0 aromatic carbocycles. The molecular weight excluding hydrogens is 234 g/mol. The zero-order valence-electron chi connectivity index (χ0n) is 9.76. The number of fused-ring (bicyclic) bond motifs is 1. The molecule has 0 bridgehead atoms. The first-order valence-electron chi connectivity index (χ1n) is 6.34. The molecule has 2 heterocycles. The molecule has 2 unspecified atom stereocenters. The minimum absolute atomic E-state index is 0.458. The quantitative estimate of drug-likeness (QED) is 0.877. The molecule has 1 aliphatic heterocycles. The Labute approximate surface area is 105 Å². The van der Waals surface area contributed by atoms with Crippen LogP contribution in [0.5, 0.6) is 0 Å². The Bertz CT molecular complexity index is 429. The van der Waals surface area contributed by atoms with E-state index in [1.807, 2.05) is 11.4 Å². The van der Waals surface area contributed by atoms with Crippen LogP contribution in [0.25, 0.3) is 0 Å². The highest BCUT2D eigenvalue weighted by Crippen LogP contribution is 2.40. The monoisotopic (exact) mass is 251 g/mol. The molecular formula is C13H17NO2S. The van der Waals surface area contributed by atoms with Crippen molar-refractivity contribution < 1.29 is 9.90 Å². The van der Waals surface area contributed by atoms with Gasteiger partial charge < -0.3 is 10.0 Å². The van der Waals surface area contributed by atoms with E-state index < -0.39 is 5.97 Å². The Morgan fingerprint density at radius 1 is 1.35 bits per heavy atom. The van der Waals surface area contributed by atoms with E-state index >= 15 is 0 Å². The topological polar surface area (TPSA) is 40.5 Å². The number of hydrogen-bond acceptors (Lipinski definition) is 3. The van der Waals surface area contributed by atoms with Crippen molar-refractivity contribution in [3.63, 3.8) is 0 Å². The molecule has 4 heteroatoms. The van der Waals surface area contributed by atoms with Crippen molar-refractivity contribution in [2.75, 3.05) is 11.4 Å². The summed E-state index contributed by atoms with van der Waals surface area (Å²) in [7, 11) is 0. The van der Waals surface area contributed by atoms with E-state index in [0.29, 0.717) is 10.9 Å².